The van der Waals surface area contributed by atoms with E-state index in [0.29, 0.717) is 0 Å². The van der Waals surface area contributed by atoms with Crippen molar-refractivity contribution in [1.29, 1.82) is 0 Å². The summed E-state index contributed by atoms with van der Waals surface area (Å²) in [6, 6.07) is 9.56. The molecule has 0 amide bonds. The van der Waals surface area contributed by atoms with Gasteiger partial charge in [0.1, 0.15) is 28.5 Å². The second-order valence-corrected chi connectivity index (χ2v) is 10.1. The number of hydrogen-bond acceptors (Lipinski definition) is 6. The molecule has 1 aliphatic carbocycles. The topological polar surface area (TPSA) is 93.5 Å². The number of allylic oxidation sites excluding steroid dienone is 1. The summed E-state index contributed by atoms with van der Waals surface area (Å²) in [6.45, 7) is 2.91. The maximum atomic E-state index is 14.8. The highest BCUT2D eigenvalue weighted by atomic mass is 35.5. The first-order chi connectivity index (χ1) is 16.8. The highest BCUT2D eigenvalue weighted by molar-refractivity contribution is 7.92. The van der Waals surface area contributed by atoms with Gasteiger partial charge in [-0.1, -0.05) is 41.9 Å². The average Bonchev–Trinajstić information content (AvgIpc) is 3.33. The van der Waals surface area contributed by atoms with Gasteiger partial charge in [-0.15, -0.1) is 0 Å². The number of hydrogen-bond donors (Lipinski definition) is 2. The van der Waals surface area contributed by atoms with Crippen molar-refractivity contribution in [2.45, 2.75) is 30.7 Å². The van der Waals surface area contributed by atoms with Crippen molar-refractivity contribution >= 4 is 33.0 Å². The molecule has 4 rings (SSSR count). The molecular weight excluding hydrogens is 500 g/mol. The fourth-order valence-corrected chi connectivity index (χ4v) is 5.50. The van der Waals surface area contributed by atoms with E-state index in [9.17, 15) is 17.2 Å². The third-order valence-electron chi connectivity index (χ3n) is 5.74. The molecular formula is C24H24ClF2N3O4S. The summed E-state index contributed by atoms with van der Waals surface area (Å²) in [6.07, 6.45) is 5.00. The van der Waals surface area contributed by atoms with Gasteiger partial charge in [-0.05, 0) is 48.7 Å². The Hall–Kier alpha value is -2.95. The maximum absolute atomic E-state index is 14.8. The van der Waals surface area contributed by atoms with Gasteiger partial charge in [-0.25, -0.2) is 17.2 Å². The lowest BCUT2D eigenvalue weighted by molar-refractivity contribution is 0.236. The lowest BCUT2D eigenvalue weighted by atomic mass is 9.80. The second kappa shape index (κ2) is 10.8. The summed E-state index contributed by atoms with van der Waals surface area (Å²) in [5.41, 5.74) is 1.87. The molecule has 0 fully saturated rings. The smallest absolute Gasteiger partial charge is 0.266 e. The molecule has 7 nitrogen and oxygen atoms in total. The molecule has 1 aliphatic rings. The Balaban J connectivity index is 1.56. The number of sulfonamides is 1. The zero-order valence-corrected chi connectivity index (χ0v) is 20.4. The summed E-state index contributed by atoms with van der Waals surface area (Å²) in [7, 11) is -4.29. The van der Waals surface area contributed by atoms with Crippen molar-refractivity contribution in [2.24, 2.45) is 5.92 Å². The van der Waals surface area contributed by atoms with Crippen LogP contribution in [-0.4, -0.2) is 32.8 Å². The molecule has 0 saturated heterocycles. The molecule has 1 heterocycles. The predicted molar refractivity (Wildman–Crippen MR) is 129 cm³/mol. The maximum Gasteiger partial charge on any atom is 0.266 e. The van der Waals surface area contributed by atoms with Gasteiger partial charge < -0.3 is 14.6 Å². The van der Waals surface area contributed by atoms with Crippen LogP contribution in [0.3, 0.4) is 0 Å². The van der Waals surface area contributed by atoms with Gasteiger partial charge in [0.15, 0.2) is 5.82 Å². The van der Waals surface area contributed by atoms with Crippen molar-refractivity contribution in [1.82, 2.24) is 10.5 Å². The van der Waals surface area contributed by atoms with Crippen molar-refractivity contribution in [3.63, 3.8) is 0 Å². The Morgan fingerprint density at radius 3 is 2.66 bits per heavy atom. The quantitative estimate of drug-likeness (QED) is 0.397. The first-order valence-corrected chi connectivity index (χ1v) is 12.9. The molecule has 0 bridgehead atoms. The Kier molecular flexibility index (Phi) is 7.73. The summed E-state index contributed by atoms with van der Waals surface area (Å²) >= 11 is 6.29. The number of nitrogens with one attached hydrogen (secondary N) is 2. The first kappa shape index (κ1) is 25.2. The van der Waals surface area contributed by atoms with Crippen molar-refractivity contribution in [3.05, 3.63) is 77.0 Å². The molecule has 2 N–H and O–H groups in total. The largest absolute Gasteiger partial charge is 0.491 e. The van der Waals surface area contributed by atoms with Crippen LogP contribution in [0.2, 0.25) is 5.02 Å². The van der Waals surface area contributed by atoms with E-state index in [2.05, 4.69) is 25.8 Å². The minimum Gasteiger partial charge on any atom is -0.491 e. The Morgan fingerprint density at radius 2 is 1.97 bits per heavy atom. The molecule has 186 valence electrons. The molecule has 1 aromatic heterocycles. The van der Waals surface area contributed by atoms with E-state index in [0.717, 1.165) is 42.7 Å². The van der Waals surface area contributed by atoms with Crippen LogP contribution in [-0.2, 0) is 10.0 Å². The first-order valence-electron chi connectivity index (χ1n) is 11.0. The molecule has 0 radical (unpaired) electrons. The normalized spacial score (nSPS) is 18.2. The van der Waals surface area contributed by atoms with Crippen LogP contribution in [0.1, 0.15) is 25.3 Å². The predicted octanol–water partition coefficient (Wildman–Crippen LogP) is 5.26. The van der Waals surface area contributed by atoms with Crippen LogP contribution in [0.5, 0.6) is 5.75 Å². The van der Waals surface area contributed by atoms with E-state index in [1.807, 2.05) is 6.92 Å². The van der Waals surface area contributed by atoms with Crippen molar-refractivity contribution in [3.8, 4) is 5.75 Å². The van der Waals surface area contributed by atoms with Crippen LogP contribution in [0, 0.1) is 17.6 Å². The number of ether oxygens (including phenoxy) is 1. The Morgan fingerprint density at radius 1 is 1.20 bits per heavy atom. The number of anilines is 1. The fourth-order valence-electron chi connectivity index (χ4n) is 4.14. The van der Waals surface area contributed by atoms with Crippen molar-refractivity contribution in [2.75, 3.05) is 17.9 Å². The number of nitrogens with zero attached hydrogens (tertiary/aromatic N) is 1. The van der Waals surface area contributed by atoms with Crippen LogP contribution >= 0.6 is 11.6 Å². The van der Waals surface area contributed by atoms with Gasteiger partial charge in [0.05, 0.1) is 11.6 Å². The van der Waals surface area contributed by atoms with E-state index in [1.54, 1.807) is 12.1 Å². The highest BCUT2D eigenvalue weighted by Gasteiger charge is 2.30. The summed E-state index contributed by atoms with van der Waals surface area (Å²) in [4.78, 5) is -0.645. The van der Waals surface area contributed by atoms with Gasteiger partial charge in [0, 0.05) is 24.1 Å². The Labute approximate surface area is 207 Å². The lowest BCUT2D eigenvalue weighted by Gasteiger charge is -2.33. The molecule has 2 unspecified atom stereocenters. The summed E-state index contributed by atoms with van der Waals surface area (Å²) in [5, 5.41) is 6.85. The van der Waals surface area contributed by atoms with Crippen molar-refractivity contribution < 1.29 is 26.5 Å². The van der Waals surface area contributed by atoms with Crippen LogP contribution < -0.4 is 14.8 Å². The monoisotopic (exact) mass is 523 g/mol. The van der Waals surface area contributed by atoms with E-state index in [-0.39, 0.29) is 41.0 Å². The minimum absolute atomic E-state index is 0.0174. The number of benzene rings is 2. The molecule has 2 atom stereocenters. The third-order valence-corrected chi connectivity index (χ3v) is 7.41. The zero-order chi connectivity index (χ0) is 25.0. The highest BCUT2D eigenvalue weighted by Crippen LogP contribution is 2.36. The van der Waals surface area contributed by atoms with Gasteiger partial charge in [-0.2, -0.15) is 0 Å². The lowest BCUT2D eigenvalue weighted by Crippen LogP contribution is -2.41. The molecule has 0 spiro atoms. The van der Waals surface area contributed by atoms with E-state index >= 15 is 0 Å². The Bertz CT molecular complexity index is 1300. The van der Waals surface area contributed by atoms with Crippen LogP contribution in [0.25, 0.3) is 5.57 Å². The van der Waals surface area contributed by atoms with Crippen LogP contribution in [0.15, 0.2) is 64.2 Å². The van der Waals surface area contributed by atoms with E-state index in [4.69, 9.17) is 16.3 Å². The fraction of sp³-hybridized carbons (Fsp3) is 0.292. The standard InChI is InChI=1S/C24H24ClF2N3O4S/c1-2-28-21-5-3-4-17(15-6-8-16(26)9-7-15)18(21)14-33-22-13-20(27)23(12-19(22)25)35(31,32)30-24-10-11-34-29-24/h4,6-13,18,21,28H,2-3,5,14H2,1H3,(H,29,30). The average molecular weight is 524 g/mol. The number of halogens is 3. The second-order valence-electron chi connectivity index (χ2n) is 8.03. The van der Waals surface area contributed by atoms with Gasteiger partial charge in [0.25, 0.3) is 10.0 Å². The molecule has 11 heteroatoms. The SMILES string of the molecule is CCNC1CCC=C(c2ccc(F)cc2)C1COc1cc(F)c(S(=O)(=O)Nc2ccon2)cc1Cl. The molecule has 3 aromatic rings. The zero-order valence-electron chi connectivity index (χ0n) is 18.8. The molecule has 0 saturated carbocycles. The molecule has 35 heavy (non-hydrogen) atoms. The number of aromatic nitrogens is 1. The number of rotatable bonds is 9. The summed E-state index contributed by atoms with van der Waals surface area (Å²) < 4.78 is 66.0. The van der Waals surface area contributed by atoms with E-state index in [1.165, 1.54) is 24.5 Å². The third kappa shape index (κ3) is 5.83. The van der Waals surface area contributed by atoms with E-state index < -0.39 is 20.7 Å². The minimum atomic E-state index is -4.29. The molecule has 2 aromatic carbocycles. The van der Waals surface area contributed by atoms with Gasteiger partial charge in [-0.3, -0.25) is 4.72 Å². The molecule has 0 aliphatic heterocycles. The summed E-state index contributed by atoms with van der Waals surface area (Å²) in [5.74, 6) is -1.54. The van der Waals surface area contributed by atoms with Gasteiger partial charge in [0.2, 0.25) is 0 Å². The van der Waals surface area contributed by atoms with Gasteiger partial charge >= 0.3 is 0 Å². The van der Waals surface area contributed by atoms with Crippen LogP contribution in [0.4, 0.5) is 14.6 Å².